The average Bonchev–Trinajstić information content (AvgIpc) is 2.26. The van der Waals surface area contributed by atoms with Gasteiger partial charge in [-0.25, -0.2) is 4.79 Å². The quantitative estimate of drug-likeness (QED) is 0.338. The normalized spacial score (nSPS) is 12.1. The summed E-state index contributed by atoms with van der Waals surface area (Å²) in [6.45, 7) is 3.81. The zero-order chi connectivity index (χ0) is 12.2. The fourth-order valence-corrected chi connectivity index (χ4v) is 1.96. The van der Waals surface area contributed by atoms with E-state index in [-0.39, 0.29) is 5.97 Å². The monoisotopic (exact) mass is 246 g/mol. The standard InChI is InChI=1S/C12H22O3S/c1-3-12(13)15-10-8-6-4-5-7-9-11-16(2)14/h3H,1,4-11H2,2H3. The molecule has 0 aliphatic carbocycles. The lowest BCUT2D eigenvalue weighted by molar-refractivity contribution is -0.137. The van der Waals surface area contributed by atoms with E-state index in [1.54, 1.807) is 6.26 Å². The van der Waals surface area contributed by atoms with Crippen LogP contribution in [0.5, 0.6) is 0 Å². The summed E-state index contributed by atoms with van der Waals surface area (Å²) in [5.74, 6) is 0.474. The van der Waals surface area contributed by atoms with Crippen molar-refractivity contribution in [3.8, 4) is 0 Å². The van der Waals surface area contributed by atoms with Crippen LogP contribution in [0.15, 0.2) is 12.7 Å². The van der Waals surface area contributed by atoms with E-state index in [0.717, 1.165) is 37.9 Å². The Bertz CT molecular complexity index is 226. The maximum atomic E-state index is 10.8. The molecule has 0 aromatic heterocycles. The number of carbonyl (C=O) groups is 1. The molecule has 4 heteroatoms. The molecule has 0 bridgehead atoms. The fraction of sp³-hybridized carbons (Fsp3) is 0.750. The Kier molecular flexibility index (Phi) is 10.4. The Balaban J connectivity index is 3.07. The molecular weight excluding hydrogens is 224 g/mol. The highest BCUT2D eigenvalue weighted by atomic mass is 32.2. The van der Waals surface area contributed by atoms with Gasteiger partial charge < -0.3 is 4.74 Å². The minimum absolute atomic E-state index is 0.342. The SMILES string of the molecule is C=CC(=O)OCCCCCCCCS(C)=O. The molecule has 0 aliphatic rings. The molecule has 0 saturated heterocycles. The number of hydrogen-bond acceptors (Lipinski definition) is 3. The Hall–Kier alpha value is -0.640. The van der Waals surface area contributed by atoms with Gasteiger partial charge in [0.1, 0.15) is 0 Å². The van der Waals surface area contributed by atoms with E-state index < -0.39 is 10.8 Å². The lowest BCUT2D eigenvalue weighted by Crippen LogP contribution is -2.01. The van der Waals surface area contributed by atoms with E-state index in [1.165, 1.54) is 12.5 Å². The zero-order valence-corrected chi connectivity index (χ0v) is 10.9. The summed E-state index contributed by atoms with van der Waals surface area (Å²) in [5.41, 5.74) is 0. The molecule has 0 aromatic carbocycles. The van der Waals surface area contributed by atoms with Crippen LogP contribution in [0.3, 0.4) is 0 Å². The minimum Gasteiger partial charge on any atom is -0.463 e. The first-order valence-corrected chi connectivity index (χ1v) is 7.48. The van der Waals surface area contributed by atoms with Gasteiger partial charge in [0.25, 0.3) is 0 Å². The van der Waals surface area contributed by atoms with Gasteiger partial charge in [-0.05, 0) is 12.8 Å². The molecule has 0 spiro atoms. The molecule has 0 N–H and O–H groups in total. The highest BCUT2D eigenvalue weighted by Gasteiger charge is 1.96. The van der Waals surface area contributed by atoms with Gasteiger partial charge in [0.05, 0.1) is 6.61 Å². The summed E-state index contributed by atoms with van der Waals surface area (Å²) in [4.78, 5) is 10.7. The number of rotatable bonds is 10. The van der Waals surface area contributed by atoms with Crippen molar-refractivity contribution >= 4 is 16.8 Å². The summed E-state index contributed by atoms with van der Waals surface area (Å²) >= 11 is 0. The van der Waals surface area contributed by atoms with Crippen LogP contribution >= 0.6 is 0 Å². The molecule has 94 valence electrons. The average molecular weight is 246 g/mol. The smallest absolute Gasteiger partial charge is 0.330 e. The van der Waals surface area contributed by atoms with E-state index in [4.69, 9.17) is 4.74 Å². The van der Waals surface area contributed by atoms with Gasteiger partial charge in [-0.15, -0.1) is 0 Å². The predicted octanol–water partition coefficient (Wildman–Crippen LogP) is 2.43. The summed E-state index contributed by atoms with van der Waals surface area (Å²) in [7, 11) is -0.649. The van der Waals surface area contributed by atoms with Gasteiger partial charge in [-0.1, -0.05) is 32.3 Å². The molecule has 0 aromatic rings. The van der Waals surface area contributed by atoms with Crippen molar-refractivity contribution in [2.24, 2.45) is 0 Å². The lowest BCUT2D eigenvalue weighted by atomic mass is 10.1. The maximum Gasteiger partial charge on any atom is 0.330 e. The van der Waals surface area contributed by atoms with Crippen LogP contribution in [0.2, 0.25) is 0 Å². The number of ether oxygens (including phenoxy) is 1. The van der Waals surface area contributed by atoms with Crippen LogP contribution in [0.1, 0.15) is 38.5 Å². The highest BCUT2D eigenvalue weighted by Crippen LogP contribution is 2.05. The largest absolute Gasteiger partial charge is 0.463 e. The van der Waals surface area contributed by atoms with Gasteiger partial charge in [0.15, 0.2) is 0 Å². The highest BCUT2D eigenvalue weighted by molar-refractivity contribution is 7.84. The first kappa shape index (κ1) is 15.4. The maximum absolute atomic E-state index is 10.8. The molecule has 1 atom stereocenters. The number of hydrogen-bond donors (Lipinski definition) is 0. The second-order valence-electron chi connectivity index (χ2n) is 3.77. The van der Waals surface area contributed by atoms with Crippen LogP contribution in [-0.2, 0) is 20.3 Å². The fourth-order valence-electron chi connectivity index (χ4n) is 1.35. The van der Waals surface area contributed by atoms with Gasteiger partial charge in [0, 0.05) is 28.9 Å². The molecule has 1 unspecified atom stereocenters. The van der Waals surface area contributed by atoms with Gasteiger partial charge in [-0.2, -0.15) is 0 Å². The molecule has 0 aliphatic heterocycles. The minimum atomic E-state index is -0.649. The van der Waals surface area contributed by atoms with Crippen molar-refractivity contribution in [1.82, 2.24) is 0 Å². The molecule has 0 saturated carbocycles. The summed E-state index contributed by atoms with van der Waals surface area (Å²) in [5, 5.41) is 0. The van der Waals surface area contributed by atoms with Crippen LogP contribution < -0.4 is 0 Å². The van der Waals surface area contributed by atoms with E-state index in [0.29, 0.717) is 6.61 Å². The van der Waals surface area contributed by atoms with E-state index >= 15 is 0 Å². The molecule has 0 fully saturated rings. The van der Waals surface area contributed by atoms with Gasteiger partial charge in [0.2, 0.25) is 0 Å². The molecule has 0 rings (SSSR count). The Labute approximate surface area is 101 Å². The lowest BCUT2D eigenvalue weighted by Gasteiger charge is -2.02. The van der Waals surface area contributed by atoms with Crippen LogP contribution in [0, 0.1) is 0 Å². The van der Waals surface area contributed by atoms with Crippen LogP contribution in [0.25, 0.3) is 0 Å². The Morgan fingerprint density at radius 3 is 2.31 bits per heavy atom. The van der Waals surface area contributed by atoms with E-state index in [2.05, 4.69) is 6.58 Å². The van der Waals surface area contributed by atoms with Crippen LogP contribution in [0.4, 0.5) is 0 Å². The number of esters is 1. The Morgan fingerprint density at radius 1 is 1.19 bits per heavy atom. The first-order chi connectivity index (χ1) is 7.66. The molecular formula is C12H22O3S. The molecule has 3 nitrogen and oxygen atoms in total. The van der Waals surface area contributed by atoms with Gasteiger partial charge >= 0.3 is 5.97 Å². The number of carbonyl (C=O) groups excluding carboxylic acids is 1. The number of unbranched alkanes of at least 4 members (excludes halogenated alkanes) is 5. The molecule has 0 amide bonds. The molecule has 16 heavy (non-hydrogen) atoms. The summed E-state index contributed by atoms with van der Waals surface area (Å²) in [6.07, 6.45) is 9.45. The molecule has 0 heterocycles. The van der Waals surface area contributed by atoms with Crippen molar-refractivity contribution in [2.45, 2.75) is 38.5 Å². The van der Waals surface area contributed by atoms with Crippen LogP contribution in [-0.4, -0.2) is 28.8 Å². The van der Waals surface area contributed by atoms with Crippen molar-refractivity contribution in [2.75, 3.05) is 18.6 Å². The van der Waals surface area contributed by atoms with Crippen molar-refractivity contribution in [3.63, 3.8) is 0 Å². The summed E-state index contributed by atoms with van der Waals surface area (Å²) < 4.78 is 15.6. The second kappa shape index (κ2) is 10.9. The summed E-state index contributed by atoms with van der Waals surface area (Å²) in [6, 6.07) is 0. The van der Waals surface area contributed by atoms with E-state index in [1.807, 2.05) is 0 Å². The molecule has 0 radical (unpaired) electrons. The van der Waals surface area contributed by atoms with E-state index in [9.17, 15) is 9.00 Å². The van der Waals surface area contributed by atoms with Crippen molar-refractivity contribution in [3.05, 3.63) is 12.7 Å². The second-order valence-corrected chi connectivity index (χ2v) is 5.32. The third kappa shape index (κ3) is 11.4. The Morgan fingerprint density at radius 2 is 1.75 bits per heavy atom. The van der Waals surface area contributed by atoms with Crippen molar-refractivity contribution in [1.29, 1.82) is 0 Å². The third-order valence-corrected chi connectivity index (χ3v) is 3.10. The first-order valence-electron chi connectivity index (χ1n) is 5.76. The topological polar surface area (TPSA) is 43.4 Å². The predicted molar refractivity (Wildman–Crippen MR) is 67.8 cm³/mol. The zero-order valence-electron chi connectivity index (χ0n) is 10.1. The third-order valence-electron chi connectivity index (χ3n) is 2.24. The van der Waals surface area contributed by atoms with Gasteiger partial charge in [-0.3, -0.25) is 4.21 Å². The van der Waals surface area contributed by atoms with Crippen molar-refractivity contribution < 1.29 is 13.7 Å².